The van der Waals surface area contributed by atoms with Crippen LogP contribution < -0.4 is 10.2 Å². The van der Waals surface area contributed by atoms with E-state index in [1.807, 2.05) is 7.05 Å². The first-order valence-corrected chi connectivity index (χ1v) is 7.54. The topological polar surface area (TPSA) is 21.8 Å². The fourth-order valence-electron chi connectivity index (χ4n) is 2.60. The summed E-state index contributed by atoms with van der Waals surface area (Å²) >= 11 is 0. The molecule has 1 saturated heterocycles. The molecule has 0 bridgehead atoms. The third-order valence-corrected chi connectivity index (χ3v) is 3.92. The molecule has 0 unspecified atom stereocenters. The van der Waals surface area contributed by atoms with Gasteiger partial charge in [-0.25, -0.2) is 0 Å². The number of anilines is 1. The maximum Gasteiger partial charge on any atom is 0.0367 e. The van der Waals surface area contributed by atoms with E-state index in [-0.39, 0.29) is 0 Å². The average molecular weight is 276 g/mol. The quantitative estimate of drug-likeness (QED) is 0.839. The Bertz CT molecular complexity index is 380. The zero-order valence-electron chi connectivity index (χ0n) is 13.1. The molecule has 1 aromatic carbocycles. The number of likely N-dealkylation sites (N-methyl/N-ethyl adjacent to an activating group) is 1. The van der Waals surface area contributed by atoms with Crippen molar-refractivity contribution in [1.29, 1.82) is 0 Å². The van der Waals surface area contributed by atoms with Crippen molar-refractivity contribution in [3.05, 3.63) is 29.8 Å². The van der Waals surface area contributed by atoms with Crippen LogP contribution in [0.5, 0.6) is 0 Å². The van der Waals surface area contributed by atoms with Crippen molar-refractivity contribution in [2.75, 3.05) is 65.3 Å². The Balaban J connectivity index is 1.81. The lowest BCUT2D eigenvalue weighted by Gasteiger charge is -2.36. The van der Waals surface area contributed by atoms with Crippen LogP contribution in [0.1, 0.15) is 5.56 Å². The Labute approximate surface area is 123 Å². The van der Waals surface area contributed by atoms with Gasteiger partial charge in [-0.15, -0.1) is 0 Å². The molecular weight excluding hydrogens is 248 g/mol. The van der Waals surface area contributed by atoms with Gasteiger partial charge in [-0.05, 0) is 38.8 Å². The van der Waals surface area contributed by atoms with Crippen LogP contribution in [0, 0.1) is 0 Å². The molecule has 1 fully saturated rings. The number of nitrogens with zero attached hydrogens (tertiary/aromatic N) is 3. The summed E-state index contributed by atoms with van der Waals surface area (Å²) < 4.78 is 0. The van der Waals surface area contributed by atoms with E-state index < -0.39 is 0 Å². The van der Waals surface area contributed by atoms with Crippen LogP contribution in [-0.2, 0) is 6.54 Å². The molecule has 0 aromatic heterocycles. The third kappa shape index (κ3) is 4.47. The summed E-state index contributed by atoms with van der Waals surface area (Å²) in [6, 6.07) is 8.96. The normalized spacial score (nSPS) is 16.9. The lowest BCUT2D eigenvalue weighted by molar-refractivity contribution is 0.229. The monoisotopic (exact) mass is 276 g/mol. The molecule has 4 heteroatoms. The van der Waals surface area contributed by atoms with Crippen LogP contribution in [0.15, 0.2) is 24.3 Å². The second-order valence-corrected chi connectivity index (χ2v) is 5.83. The largest absolute Gasteiger partial charge is 0.369 e. The smallest absolute Gasteiger partial charge is 0.0367 e. The molecule has 0 amide bonds. The van der Waals surface area contributed by atoms with Gasteiger partial charge in [0, 0.05) is 51.5 Å². The van der Waals surface area contributed by atoms with Gasteiger partial charge >= 0.3 is 0 Å². The first-order chi connectivity index (χ1) is 9.69. The summed E-state index contributed by atoms with van der Waals surface area (Å²) in [5.74, 6) is 0. The van der Waals surface area contributed by atoms with E-state index in [0.29, 0.717) is 0 Å². The van der Waals surface area contributed by atoms with Crippen LogP contribution in [0.4, 0.5) is 5.69 Å². The summed E-state index contributed by atoms with van der Waals surface area (Å²) in [7, 11) is 6.27. The van der Waals surface area contributed by atoms with E-state index in [4.69, 9.17) is 0 Å². The van der Waals surface area contributed by atoms with Gasteiger partial charge in [0.15, 0.2) is 0 Å². The van der Waals surface area contributed by atoms with E-state index in [2.05, 4.69) is 58.4 Å². The summed E-state index contributed by atoms with van der Waals surface area (Å²) in [6.07, 6.45) is 0. The van der Waals surface area contributed by atoms with Crippen LogP contribution in [0.2, 0.25) is 0 Å². The Morgan fingerprint density at radius 2 is 1.70 bits per heavy atom. The number of hydrogen-bond acceptors (Lipinski definition) is 4. The predicted octanol–water partition coefficient (Wildman–Crippen LogP) is 1.09. The van der Waals surface area contributed by atoms with Gasteiger partial charge in [0.05, 0.1) is 0 Å². The fraction of sp³-hybridized carbons (Fsp3) is 0.625. The van der Waals surface area contributed by atoms with Crippen molar-refractivity contribution in [3.63, 3.8) is 0 Å². The number of piperazine rings is 1. The molecule has 112 valence electrons. The molecule has 1 aromatic rings. The Hall–Kier alpha value is -1.10. The van der Waals surface area contributed by atoms with E-state index in [1.165, 1.54) is 30.9 Å². The first-order valence-electron chi connectivity index (χ1n) is 7.54. The number of rotatable bonds is 6. The van der Waals surface area contributed by atoms with Gasteiger partial charge in [0.1, 0.15) is 0 Å². The van der Waals surface area contributed by atoms with E-state index >= 15 is 0 Å². The second-order valence-electron chi connectivity index (χ2n) is 5.83. The Morgan fingerprint density at radius 1 is 1.05 bits per heavy atom. The predicted molar refractivity (Wildman–Crippen MR) is 86.4 cm³/mol. The summed E-state index contributed by atoms with van der Waals surface area (Å²) in [5, 5.41) is 3.19. The van der Waals surface area contributed by atoms with E-state index in [9.17, 15) is 0 Å². The van der Waals surface area contributed by atoms with Gasteiger partial charge in [-0.1, -0.05) is 12.1 Å². The number of nitrogens with one attached hydrogen (secondary N) is 1. The van der Waals surface area contributed by atoms with Gasteiger partial charge in [0.2, 0.25) is 0 Å². The van der Waals surface area contributed by atoms with Crippen molar-refractivity contribution >= 4 is 5.69 Å². The minimum Gasteiger partial charge on any atom is -0.369 e. The van der Waals surface area contributed by atoms with Gasteiger partial charge in [0.25, 0.3) is 0 Å². The molecule has 0 radical (unpaired) electrons. The molecular formula is C16H28N4. The highest BCUT2D eigenvalue weighted by Crippen LogP contribution is 2.17. The molecule has 20 heavy (non-hydrogen) atoms. The highest BCUT2D eigenvalue weighted by atomic mass is 15.3. The zero-order chi connectivity index (χ0) is 14.4. The highest BCUT2D eigenvalue weighted by molar-refractivity contribution is 5.48. The highest BCUT2D eigenvalue weighted by Gasteiger charge is 2.16. The lowest BCUT2D eigenvalue weighted by atomic mass is 10.2. The second kappa shape index (κ2) is 7.62. The molecule has 0 spiro atoms. The van der Waals surface area contributed by atoms with Crippen molar-refractivity contribution in [2.24, 2.45) is 0 Å². The summed E-state index contributed by atoms with van der Waals surface area (Å²) in [6.45, 7) is 7.90. The molecule has 1 aliphatic rings. The first kappa shape index (κ1) is 15.3. The molecule has 1 N–H and O–H groups in total. The fourth-order valence-corrected chi connectivity index (χ4v) is 2.60. The molecule has 1 heterocycles. The van der Waals surface area contributed by atoms with Gasteiger partial charge in [-0.2, -0.15) is 0 Å². The minimum absolute atomic E-state index is 0.943. The van der Waals surface area contributed by atoms with Crippen LogP contribution in [0.25, 0.3) is 0 Å². The number of benzene rings is 1. The van der Waals surface area contributed by atoms with E-state index in [1.54, 1.807) is 0 Å². The van der Waals surface area contributed by atoms with E-state index in [0.717, 1.165) is 26.2 Å². The van der Waals surface area contributed by atoms with Crippen molar-refractivity contribution in [1.82, 2.24) is 15.1 Å². The third-order valence-electron chi connectivity index (χ3n) is 3.92. The average Bonchev–Trinajstić information content (AvgIpc) is 2.47. The van der Waals surface area contributed by atoms with Crippen molar-refractivity contribution in [2.45, 2.75) is 6.54 Å². The summed E-state index contributed by atoms with van der Waals surface area (Å²) in [4.78, 5) is 7.31. The SMILES string of the molecule is CNCc1ccc(N2CCN(CCN(C)C)CC2)cc1. The Morgan fingerprint density at radius 3 is 2.25 bits per heavy atom. The standard InChI is InChI=1S/C16H28N4/c1-17-14-15-4-6-16(7-5-15)20-12-10-19(11-13-20)9-8-18(2)3/h4-7,17H,8-14H2,1-3H3. The minimum atomic E-state index is 0.943. The maximum atomic E-state index is 3.19. The molecule has 2 rings (SSSR count). The molecule has 0 saturated carbocycles. The zero-order valence-corrected chi connectivity index (χ0v) is 13.1. The van der Waals surface area contributed by atoms with Crippen LogP contribution in [-0.4, -0.2) is 70.2 Å². The van der Waals surface area contributed by atoms with Crippen LogP contribution >= 0.6 is 0 Å². The van der Waals surface area contributed by atoms with Crippen LogP contribution in [0.3, 0.4) is 0 Å². The number of hydrogen-bond donors (Lipinski definition) is 1. The Kier molecular flexibility index (Phi) is 5.83. The van der Waals surface area contributed by atoms with Gasteiger partial charge in [-0.3, -0.25) is 4.90 Å². The van der Waals surface area contributed by atoms with Crippen molar-refractivity contribution in [3.8, 4) is 0 Å². The van der Waals surface area contributed by atoms with Gasteiger partial charge < -0.3 is 15.1 Å². The van der Waals surface area contributed by atoms with Crippen molar-refractivity contribution < 1.29 is 0 Å². The molecule has 1 aliphatic heterocycles. The molecule has 0 aliphatic carbocycles. The molecule has 0 atom stereocenters. The maximum absolute atomic E-state index is 3.19. The lowest BCUT2D eigenvalue weighted by Crippen LogP contribution is -2.48. The summed E-state index contributed by atoms with van der Waals surface area (Å²) in [5.41, 5.74) is 2.71. The molecule has 4 nitrogen and oxygen atoms in total.